The second-order valence-electron chi connectivity index (χ2n) is 6.02. The molecular weight excluding hydrogens is 316 g/mol. The zero-order chi connectivity index (χ0) is 17.8. The normalized spacial score (nSPS) is 12.3. The summed E-state index contributed by atoms with van der Waals surface area (Å²) in [4.78, 5) is 16.1. The maximum absolute atomic E-state index is 11.6. The van der Waals surface area contributed by atoms with Gasteiger partial charge in [0, 0.05) is 12.0 Å². The number of ether oxygens (including phenoxy) is 1. The first-order valence-electron chi connectivity index (χ1n) is 8.44. The number of para-hydroxylation sites is 2. The molecule has 0 fully saturated rings. The Labute approximate surface area is 146 Å². The molecule has 1 aromatic heterocycles. The Bertz CT molecular complexity index is 868. The van der Waals surface area contributed by atoms with Gasteiger partial charge in [0.2, 0.25) is 0 Å². The highest BCUT2D eigenvalue weighted by Gasteiger charge is 2.12. The van der Waals surface area contributed by atoms with Gasteiger partial charge < -0.3 is 14.4 Å². The predicted octanol–water partition coefficient (Wildman–Crippen LogP) is 3.38. The Morgan fingerprint density at radius 2 is 1.92 bits per heavy atom. The van der Waals surface area contributed by atoms with Crippen molar-refractivity contribution in [3.8, 4) is 5.75 Å². The van der Waals surface area contributed by atoms with Crippen LogP contribution in [-0.4, -0.2) is 33.2 Å². The molecule has 0 unspecified atom stereocenters. The summed E-state index contributed by atoms with van der Waals surface area (Å²) in [6.45, 7) is 4.35. The van der Waals surface area contributed by atoms with Crippen LogP contribution >= 0.6 is 0 Å². The zero-order valence-electron chi connectivity index (χ0n) is 14.5. The van der Waals surface area contributed by atoms with Gasteiger partial charge in [-0.25, -0.2) is 4.98 Å². The Morgan fingerprint density at radius 1 is 1.20 bits per heavy atom. The summed E-state index contributed by atoms with van der Waals surface area (Å²) in [6.07, 6.45) is -0.176. The molecule has 1 heterocycles. The highest BCUT2D eigenvalue weighted by Crippen LogP contribution is 2.17. The minimum absolute atomic E-state index is 0.106. The first-order valence-corrected chi connectivity index (χ1v) is 8.44. The first kappa shape index (κ1) is 17.2. The van der Waals surface area contributed by atoms with Gasteiger partial charge in [0.15, 0.2) is 5.78 Å². The number of hydrogen-bond donors (Lipinski definition) is 1. The van der Waals surface area contributed by atoms with Gasteiger partial charge in [0.25, 0.3) is 0 Å². The number of aryl methyl sites for hydroxylation is 1. The second kappa shape index (κ2) is 7.49. The molecule has 0 aliphatic carbocycles. The molecule has 130 valence electrons. The summed E-state index contributed by atoms with van der Waals surface area (Å²) in [5, 5.41) is 10.3. The van der Waals surface area contributed by atoms with Crippen molar-refractivity contribution in [3.05, 3.63) is 59.9 Å². The van der Waals surface area contributed by atoms with Crippen molar-refractivity contribution in [3.63, 3.8) is 0 Å². The number of rotatable bonds is 7. The van der Waals surface area contributed by atoms with Gasteiger partial charge in [-0.1, -0.05) is 19.1 Å². The second-order valence-corrected chi connectivity index (χ2v) is 6.02. The van der Waals surface area contributed by atoms with E-state index < -0.39 is 6.10 Å². The van der Waals surface area contributed by atoms with E-state index in [2.05, 4.69) is 4.98 Å². The maximum atomic E-state index is 11.6. The Hall–Kier alpha value is -2.66. The van der Waals surface area contributed by atoms with Crippen molar-refractivity contribution in [2.45, 2.75) is 32.9 Å². The molecule has 3 rings (SSSR count). The van der Waals surface area contributed by atoms with E-state index in [0.29, 0.717) is 24.3 Å². The van der Waals surface area contributed by atoms with E-state index in [9.17, 15) is 9.90 Å². The van der Waals surface area contributed by atoms with Gasteiger partial charge in [-0.15, -0.1) is 0 Å². The number of Topliss-reactive ketones (excluding diaryl/α,β-unsaturated/α-hetero) is 1. The number of benzene rings is 2. The topological polar surface area (TPSA) is 64.3 Å². The molecule has 0 saturated carbocycles. The van der Waals surface area contributed by atoms with Gasteiger partial charge in [-0.05, 0) is 43.3 Å². The van der Waals surface area contributed by atoms with Crippen LogP contribution in [0.4, 0.5) is 0 Å². The minimum Gasteiger partial charge on any atom is -0.491 e. The molecule has 1 atom stereocenters. The molecule has 0 aliphatic rings. The number of hydrogen-bond acceptors (Lipinski definition) is 4. The van der Waals surface area contributed by atoms with Crippen molar-refractivity contribution in [1.82, 2.24) is 9.55 Å². The Kier molecular flexibility index (Phi) is 5.14. The van der Waals surface area contributed by atoms with E-state index >= 15 is 0 Å². The van der Waals surface area contributed by atoms with Crippen LogP contribution < -0.4 is 4.74 Å². The fourth-order valence-corrected chi connectivity index (χ4v) is 2.82. The number of carbonyl (C=O) groups is 1. The number of carbonyl (C=O) groups excluding carboxylic acids is 1. The van der Waals surface area contributed by atoms with Crippen LogP contribution in [-0.2, 0) is 6.54 Å². The highest BCUT2D eigenvalue weighted by molar-refractivity contribution is 5.95. The molecule has 0 spiro atoms. The summed E-state index contributed by atoms with van der Waals surface area (Å²) in [7, 11) is 0. The van der Waals surface area contributed by atoms with Gasteiger partial charge in [0.05, 0.1) is 17.6 Å². The van der Waals surface area contributed by atoms with Crippen LogP contribution in [0, 0.1) is 6.92 Å². The van der Waals surface area contributed by atoms with Crippen LogP contribution in [0.25, 0.3) is 11.0 Å². The smallest absolute Gasteiger partial charge is 0.162 e. The van der Waals surface area contributed by atoms with Gasteiger partial charge in [-0.3, -0.25) is 4.79 Å². The number of ketones is 1. The molecule has 25 heavy (non-hydrogen) atoms. The SMILES string of the molecule is CCC(=O)c1ccc(OC[C@H](O)Cn2c(C)nc3ccccc32)cc1. The van der Waals surface area contributed by atoms with Gasteiger partial charge in [-0.2, -0.15) is 0 Å². The molecule has 0 radical (unpaired) electrons. The average molecular weight is 338 g/mol. The van der Waals surface area contributed by atoms with E-state index in [1.807, 2.05) is 42.7 Å². The number of aromatic nitrogens is 2. The average Bonchev–Trinajstić information content (AvgIpc) is 2.95. The predicted molar refractivity (Wildman–Crippen MR) is 97.0 cm³/mol. The molecule has 1 N–H and O–H groups in total. The lowest BCUT2D eigenvalue weighted by molar-refractivity contribution is 0.0927. The Balaban J connectivity index is 1.62. The highest BCUT2D eigenvalue weighted by atomic mass is 16.5. The third-order valence-corrected chi connectivity index (χ3v) is 4.18. The van der Waals surface area contributed by atoms with Crippen molar-refractivity contribution in [2.24, 2.45) is 0 Å². The van der Waals surface area contributed by atoms with E-state index in [4.69, 9.17) is 4.74 Å². The third-order valence-electron chi connectivity index (χ3n) is 4.18. The molecule has 0 bridgehead atoms. The molecule has 0 aliphatic heterocycles. The van der Waals surface area contributed by atoms with E-state index in [-0.39, 0.29) is 12.4 Å². The third kappa shape index (κ3) is 3.88. The maximum Gasteiger partial charge on any atom is 0.162 e. The molecule has 3 aromatic rings. The fraction of sp³-hybridized carbons (Fsp3) is 0.300. The molecule has 0 amide bonds. The molecule has 2 aromatic carbocycles. The van der Waals surface area contributed by atoms with Gasteiger partial charge in [0.1, 0.15) is 24.3 Å². The molecular formula is C20H22N2O3. The summed E-state index contributed by atoms with van der Waals surface area (Å²) in [5.41, 5.74) is 2.60. The van der Waals surface area contributed by atoms with Crippen molar-refractivity contribution >= 4 is 16.8 Å². The number of imidazole rings is 1. The van der Waals surface area contributed by atoms with Crippen LogP contribution in [0.1, 0.15) is 29.5 Å². The first-order chi connectivity index (χ1) is 12.1. The monoisotopic (exact) mass is 338 g/mol. The summed E-state index contributed by atoms with van der Waals surface area (Å²) >= 11 is 0. The summed E-state index contributed by atoms with van der Waals surface area (Å²) in [6, 6.07) is 14.9. The van der Waals surface area contributed by atoms with E-state index in [0.717, 1.165) is 16.9 Å². The zero-order valence-corrected chi connectivity index (χ0v) is 14.5. The van der Waals surface area contributed by atoms with Crippen molar-refractivity contribution in [2.75, 3.05) is 6.61 Å². The van der Waals surface area contributed by atoms with E-state index in [1.165, 1.54) is 0 Å². The van der Waals surface area contributed by atoms with Crippen molar-refractivity contribution in [1.29, 1.82) is 0 Å². The fourth-order valence-electron chi connectivity index (χ4n) is 2.82. The Morgan fingerprint density at radius 3 is 2.64 bits per heavy atom. The minimum atomic E-state index is -0.659. The van der Waals surface area contributed by atoms with Crippen molar-refractivity contribution < 1.29 is 14.6 Å². The van der Waals surface area contributed by atoms with Crippen LogP contribution in [0.15, 0.2) is 48.5 Å². The van der Waals surface area contributed by atoms with Crippen LogP contribution in [0.5, 0.6) is 5.75 Å². The largest absolute Gasteiger partial charge is 0.491 e. The lowest BCUT2D eigenvalue weighted by atomic mass is 10.1. The number of aliphatic hydroxyl groups is 1. The van der Waals surface area contributed by atoms with Crippen LogP contribution in [0.2, 0.25) is 0 Å². The standard InChI is InChI=1S/C20H22N2O3/c1-3-20(24)15-8-10-17(11-9-15)25-13-16(23)12-22-14(2)21-18-6-4-5-7-19(18)22/h4-11,16,23H,3,12-13H2,1-2H3/t16-/m1/s1. The van der Waals surface area contributed by atoms with Gasteiger partial charge >= 0.3 is 0 Å². The molecule has 0 saturated heterocycles. The lowest BCUT2D eigenvalue weighted by Gasteiger charge is -2.15. The quantitative estimate of drug-likeness (QED) is 0.671. The summed E-state index contributed by atoms with van der Waals surface area (Å²) < 4.78 is 7.63. The lowest BCUT2D eigenvalue weighted by Crippen LogP contribution is -2.24. The summed E-state index contributed by atoms with van der Waals surface area (Å²) in [5.74, 6) is 1.61. The molecule has 5 heteroatoms. The number of nitrogens with zero attached hydrogens (tertiary/aromatic N) is 2. The number of fused-ring (bicyclic) bond motifs is 1. The molecule has 5 nitrogen and oxygen atoms in total. The van der Waals surface area contributed by atoms with E-state index in [1.54, 1.807) is 24.3 Å². The number of aliphatic hydroxyl groups excluding tert-OH is 1. The van der Waals surface area contributed by atoms with Crippen LogP contribution in [0.3, 0.4) is 0 Å².